The molecule has 0 radical (unpaired) electrons. The van der Waals surface area contributed by atoms with Crippen LogP contribution in [-0.4, -0.2) is 5.78 Å². The van der Waals surface area contributed by atoms with E-state index in [0.29, 0.717) is 6.42 Å². The molecule has 0 bridgehead atoms. The lowest BCUT2D eigenvalue weighted by molar-refractivity contribution is -0.114. The molecular weight excluding hydrogens is 264 g/mol. The summed E-state index contributed by atoms with van der Waals surface area (Å²) in [4.78, 5) is 11.7. The van der Waals surface area contributed by atoms with Crippen molar-refractivity contribution in [1.29, 1.82) is 0 Å². The summed E-state index contributed by atoms with van der Waals surface area (Å²) in [6.07, 6.45) is 4.21. The second-order valence-electron chi connectivity index (χ2n) is 3.78. The van der Waals surface area contributed by atoms with Crippen LogP contribution in [0.4, 0.5) is 0 Å². The molecule has 0 aromatic heterocycles. The van der Waals surface area contributed by atoms with Crippen LogP contribution in [0.1, 0.15) is 32.3 Å². The Morgan fingerprint density at radius 2 is 1.75 bits per heavy atom. The molecule has 0 aliphatic carbocycles. The van der Waals surface area contributed by atoms with E-state index in [1.807, 2.05) is 24.3 Å². The molecule has 1 aromatic carbocycles. The number of carbonyl (C=O) groups excluding carboxylic acids is 1. The third-order valence-corrected chi connectivity index (χ3v) is 3.09. The topological polar surface area (TPSA) is 17.1 Å². The van der Waals surface area contributed by atoms with E-state index in [-0.39, 0.29) is 5.78 Å². The van der Waals surface area contributed by atoms with Crippen molar-refractivity contribution < 1.29 is 4.79 Å². The zero-order chi connectivity index (χ0) is 12.0. The van der Waals surface area contributed by atoms with Gasteiger partial charge in [-0.2, -0.15) is 0 Å². The summed E-state index contributed by atoms with van der Waals surface area (Å²) < 4.78 is 1.04. The maximum absolute atomic E-state index is 11.7. The monoisotopic (exact) mass is 280 g/mol. The van der Waals surface area contributed by atoms with Crippen LogP contribution in [0.5, 0.6) is 0 Å². The van der Waals surface area contributed by atoms with E-state index in [4.69, 9.17) is 0 Å². The van der Waals surface area contributed by atoms with Crippen molar-refractivity contribution >= 4 is 21.7 Å². The number of carbonyl (C=O) groups is 1. The Morgan fingerprint density at radius 1 is 1.19 bits per heavy atom. The Hall–Kier alpha value is -0.890. The van der Waals surface area contributed by atoms with Crippen LogP contribution >= 0.6 is 15.9 Å². The van der Waals surface area contributed by atoms with Gasteiger partial charge in [0.05, 0.1) is 0 Å². The average molecular weight is 281 g/mol. The molecule has 0 amide bonds. The number of ketones is 1. The summed E-state index contributed by atoms with van der Waals surface area (Å²) in [5, 5.41) is 0. The van der Waals surface area contributed by atoms with Crippen molar-refractivity contribution in [3.63, 3.8) is 0 Å². The van der Waals surface area contributed by atoms with Crippen LogP contribution in [0, 0.1) is 0 Å². The average Bonchev–Trinajstić information content (AvgIpc) is 2.29. The molecule has 2 heteroatoms. The van der Waals surface area contributed by atoms with Crippen molar-refractivity contribution in [2.24, 2.45) is 0 Å². The minimum absolute atomic E-state index is 0.195. The predicted octanol–water partition coefficient (Wildman–Crippen LogP) is 4.31. The lowest BCUT2D eigenvalue weighted by Crippen LogP contribution is -2.00. The minimum atomic E-state index is 0.195. The lowest BCUT2D eigenvalue weighted by atomic mass is 10.0. The standard InChI is InChI=1S/C14H17BrO/c1-3-11(4-2)9-14(16)10-12-5-7-13(15)8-6-12/h5-9H,3-4,10H2,1-2H3. The maximum atomic E-state index is 11.7. The highest BCUT2D eigenvalue weighted by atomic mass is 79.9. The van der Waals surface area contributed by atoms with E-state index in [1.165, 1.54) is 5.57 Å². The third kappa shape index (κ3) is 4.31. The molecular formula is C14H17BrO. The maximum Gasteiger partial charge on any atom is 0.160 e. The Kier molecular flexibility index (Phi) is 5.47. The molecule has 0 aliphatic rings. The van der Waals surface area contributed by atoms with Crippen molar-refractivity contribution in [3.8, 4) is 0 Å². The van der Waals surface area contributed by atoms with Crippen LogP contribution in [-0.2, 0) is 11.2 Å². The van der Waals surface area contributed by atoms with Crippen LogP contribution in [0.25, 0.3) is 0 Å². The van der Waals surface area contributed by atoms with Crippen molar-refractivity contribution in [2.75, 3.05) is 0 Å². The van der Waals surface area contributed by atoms with Crippen LogP contribution in [0.2, 0.25) is 0 Å². The van der Waals surface area contributed by atoms with Gasteiger partial charge in [-0.15, -0.1) is 0 Å². The second kappa shape index (κ2) is 6.64. The molecule has 0 fully saturated rings. The van der Waals surface area contributed by atoms with Crippen molar-refractivity contribution in [2.45, 2.75) is 33.1 Å². The number of halogens is 1. The highest BCUT2D eigenvalue weighted by molar-refractivity contribution is 9.10. The highest BCUT2D eigenvalue weighted by Gasteiger charge is 2.01. The van der Waals surface area contributed by atoms with Gasteiger partial charge in [-0.05, 0) is 36.6 Å². The molecule has 0 saturated carbocycles. The Morgan fingerprint density at radius 3 is 2.25 bits per heavy atom. The number of allylic oxidation sites excluding steroid dienone is 2. The number of benzene rings is 1. The molecule has 0 N–H and O–H groups in total. The quantitative estimate of drug-likeness (QED) is 0.735. The summed E-state index contributed by atoms with van der Waals surface area (Å²) in [7, 11) is 0. The smallest absolute Gasteiger partial charge is 0.160 e. The molecule has 0 spiro atoms. The third-order valence-electron chi connectivity index (χ3n) is 2.56. The van der Waals surface area contributed by atoms with Gasteiger partial charge in [0, 0.05) is 10.9 Å². The molecule has 0 unspecified atom stereocenters. The van der Waals surface area contributed by atoms with Gasteiger partial charge >= 0.3 is 0 Å². The van der Waals surface area contributed by atoms with Gasteiger partial charge in [-0.1, -0.05) is 47.5 Å². The van der Waals surface area contributed by atoms with Gasteiger partial charge in [0.25, 0.3) is 0 Å². The summed E-state index contributed by atoms with van der Waals surface area (Å²) in [6.45, 7) is 4.17. The molecule has 1 aromatic rings. The Labute approximate surface area is 106 Å². The van der Waals surface area contributed by atoms with E-state index in [1.54, 1.807) is 6.08 Å². The Bertz CT molecular complexity index is 370. The lowest BCUT2D eigenvalue weighted by Gasteiger charge is -2.01. The normalized spacial score (nSPS) is 9.94. The zero-order valence-corrected chi connectivity index (χ0v) is 11.4. The van der Waals surface area contributed by atoms with Crippen molar-refractivity contribution in [3.05, 3.63) is 46.0 Å². The zero-order valence-electron chi connectivity index (χ0n) is 9.79. The van der Waals surface area contributed by atoms with Gasteiger partial charge in [-0.3, -0.25) is 4.79 Å². The molecule has 1 rings (SSSR count). The van der Waals surface area contributed by atoms with Gasteiger partial charge < -0.3 is 0 Å². The summed E-state index contributed by atoms with van der Waals surface area (Å²) in [5.74, 6) is 0.195. The first kappa shape index (κ1) is 13.2. The van der Waals surface area contributed by atoms with Gasteiger partial charge in [0.15, 0.2) is 5.78 Å². The highest BCUT2D eigenvalue weighted by Crippen LogP contribution is 2.12. The minimum Gasteiger partial charge on any atom is -0.294 e. The molecule has 16 heavy (non-hydrogen) atoms. The first-order chi connectivity index (χ1) is 7.65. The first-order valence-corrected chi connectivity index (χ1v) is 6.41. The Balaban J connectivity index is 2.64. The summed E-state index contributed by atoms with van der Waals surface area (Å²) in [6, 6.07) is 7.89. The summed E-state index contributed by atoms with van der Waals surface area (Å²) in [5.41, 5.74) is 2.29. The summed E-state index contributed by atoms with van der Waals surface area (Å²) >= 11 is 3.38. The SMILES string of the molecule is CCC(=CC(=O)Cc1ccc(Br)cc1)CC. The predicted molar refractivity (Wildman–Crippen MR) is 71.5 cm³/mol. The van der Waals surface area contributed by atoms with Gasteiger partial charge in [0.1, 0.15) is 0 Å². The fourth-order valence-corrected chi connectivity index (χ4v) is 1.80. The van der Waals surface area contributed by atoms with E-state index < -0.39 is 0 Å². The number of hydrogen-bond acceptors (Lipinski definition) is 1. The molecule has 0 aliphatic heterocycles. The van der Waals surface area contributed by atoms with E-state index >= 15 is 0 Å². The molecule has 0 saturated heterocycles. The molecule has 86 valence electrons. The molecule has 0 atom stereocenters. The van der Waals surface area contributed by atoms with Crippen LogP contribution < -0.4 is 0 Å². The number of hydrogen-bond donors (Lipinski definition) is 0. The largest absolute Gasteiger partial charge is 0.294 e. The van der Waals surface area contributed by atoms with Crippen molar-refractivity contribution in [1.82, 2.24) is 0 Å². The molecule has 1 nitrogen and oxygen atoms in total. The van der Waals surface area contributed by atoms with E-state index in [2.05, 4.69) is 29.8 Å². The fraction of sp³-hybridized carbons (Fsp3) is 0.357. The first-order valence-electron chi connectivity index (χ1n) is 5.62. The number of rotatable bonds is 5. The van der Waals surface area contributed by atoms with Gasteiger partial charge in [0.2, 0.25) is 0 Å². The fourth-order valence-electron chi connectivity index (χ4n) is 1.54. The second-order valence-corrected chi connectivity index (χ2v) is 4.69. The van der Waals surface area contributed by atoms with E-state index in [9.17, 15) is 4.79 Å². The van der Waals surface area contributed by atoms with E-state index in [0.717, 1.165) is 22.9 Å². The molecule has 0 heterocycles. The van der Waals surface area contributed by atoms with Gasteiger partial charge in [-0.25, -0.2) is 0 Å². The van der Waals surface area contributed by atoms with Crippen LogP contribution in [0.3, 0.4) is 0 Å². The van der Waals surface area contributed by atoms with Crippen LogP contribution in [0.15, 0.2) is 40.4 Å².